The van der Waals surface area contributed by atoms with Crippen molar-refractivity contribution >= 4 is 42.3 Å². The maximum atomic E-state index is 11.8. The maximum Gasteiger partial charge on any atom is 0.326 e. The van der Waals surface area contributed by atoms with E-state index in [0.29, 0.717) is 23.8 Å². The number of hydrogen-bond donors (Lipinski definition) is 5. The number of urea groups is 1. The molecule has 3 amide bonds. The molecule has 0 unspecified atom stereocenters. The molecule has 2 heterocycles. The van der Waals surface area contributed by atoms with Crippen molar-refractivity contribution in [1.82, 2.24) is 16.0 Å². The quantitative estimate of drug-likeness (QED) is 0.235. The second-order valence-corrected chi connectivity index (χ2v) is 7.56. The van der Waals surface area contributed by atoms with Crippen molar-refractivity contribution in [3.63, 3.8) is 0 Å². The highest BCUT2D eigenvalue weighted by Gasteiger charge is 2.42. The Kier molecular flexibility index (Phi) is 6.88. The fraction of sp³-hybridized carbons (Fsp3) is 0.786. The van der Waals surface area contributed by atoms with Gasteiger partial charge >= 0.3 is 12.0 Å². The van der Waals surface area contributed by atoms with Crippen molar-refractivity contribution in [1.29, 1.82) is 0 Å². The smallest absolute Gasteiger partial charge is 0.326 e. The normalized spacial score (nSPS) is 27.0. The Morgan fingerprint density at radius 1 is 1.39 bits per heavy atom. The lowest BCUT2D eigenvalue weighted by Gasteiger charge is -2.16. The average molecular weight is 361 g/mol. The van der Waals surface area contributed by atoms with E-state index in [9.17, 15) is 14.4 Å². The van der Waals surface area contributed by atoms with Crippen LogP contribution in [0.5, 0.6) is 0 Å². The number of thioether (sulfide) groups is 1. The highest BCUT2D eigenvalue weighted by Crippen LogP contribution is 2.33. The van der Waals surface area contributed by atoms with Gasteiger partial charge in [-0.25, -0.2) is 9.59 Å². The summed E-state index contributed by atoms with van der Waals surface area (Å²) < 4.78 is 0. The molecule has 130 valence electrons. The van der Waals surface area contributed by atoms with Crippen LogP contribution in [0.2, 0.25) is 0 Å². The van der Waals surface area contributed by atoms with Crippen LogP contribution in [-0.4, -0.2) is 57.9 Å². The van der Waals surface area contributed by atoms with Crippen molar-refractivity contribution in [2.45, 2.75) is 55.5 Å². The molecule has 9 heteroatoms. The largest absolute Gasteiger partial charge is 0.480 e. The third-order valence-electron chi connectivity index (χ3n) is 4.13. The number of carboxylic acid groups (broad SMARTS) is 1. The van der Waals surface area contributed by atoms with Crippen molar-refractivity contribution in [2.75, 3.05) is 11.5 Å². The zero-order valence-electron chi connectivity index (χ0n) is 12.8. The first kappa shape index (κ1) is 18.3. The Labute approximate surface area is 145 Å². The molecular weight excluding hydrogens is 338 g/mol. The van der Waals surface area contributed by atoms with E-state index in [1.165, 1.54) is 0 Å². The summed E-state index contributed by atoms with van der Waals surface area (Å²) in [5, 5.41) is 17.7. The second-order valence-electron chi connectivity index (χ2n) is 5.84. The number of amides is 3. The Hall–Kier alpha value is -1.09. The molecule has 2 aliphatic rings. The lowest BCUT2D eigenvalue weighted by Crippen LogP contribution is -2.41. The molecule has 0 aliphatic carbocycles. The number of nitrogens with one attached hydrogen (secondary N) is 3. The molecule has 0 bridgehead atoms. The summed E-state index contributed by atoms with van der Waals surface area (Å²) in [5.41, 5.74) is 0. The second kappa shape index (κ2) is 8.68. The summed E-state index contributed by atoms with van der Waals surface area (Å²) in [6, 6.07) is -0.536. The summed E-state index contributed by atoms with van der Waals surface area (Å²) in [6.45, 7) is 0. The Morgan fingerprint density at radius 2 is 2.17 bits per heavy atom. The van der Waals surface area contributed by atoms with E-state index in [4.69, 9.17) is 5.11 Å². The van der Waals surface area contributed by atoms with Crippen LogP contribution in [0.15, 0.2) is 0 Å². The number of rotatable bonds is 9. The van der Waals surface area contributed by atoms with Gasteiger partial charge in [0.1, 0.15) is 6.04 Å². The highest BCUT2D eigenvalue weighted by molar-refractivity contribution is 8.00. The van der Waals surface area contributed by atoms with Crippen LogP contribution in [0.25, 0.3) is 0 Å². The molecule has 2 saturated heterocycles. The first-order chi connectivity index (χ1) is 11.0. The number of unbranched alkanes of at least 4 members (excludes halogenated alkanes) is 1. The van der Waals surface area contributed by atoms with Crippen LogP contribution < -0.4 is 16.0 Å². The van der Waals surface area contributed by atoms with Gasteiger partial charge in [0.15, 0.2) is 0 Å². The van der Waals surface area contributed by atoms with Gasteiger partial charge in [0.2, 0.25) is 5.91 Å². The maximum absolute atomic E-state index is 11.8. The van der Waals surface area contributed by atoms with E-state index >= 15 is 0 Å². The summed E-state index contributed by atoms with van der Waals surface area (Å²) in [6.07, 6.45) is 3.19. The van der Waals surface area contributed by atoms with Gasteiger partial charge < -0.3 is 21.1 Å². The Morgan fingerprint density at radius 3 is 2.87 bits per heavy atom. The molecule has 2 rings (SSSR count). The molecule has 23 heavy (non-hydrogen) atoms. The first-order valence-electron chi connectivity index (χ1n) is 7.83. The molecule has 4 atom stereocenters. The number of thiol groups is 1. The topological polar surface area (TPSA) is 108 Å². The standard InChI is InChI=1S/C14H23N3O4S2/c18-11(15-8(5-6-22)13(19)20)4-2-1-3-10-12-9(7-23-10)16-14(21)17-12/h8-10,12,22H,1-7H2,(H,15,18)(H,19,20)(H2,16,17,21)/t8-,9-,10-,12-/m0/s1. The van der Waals surface area contributed by atoms with E-state index in [1.54, 1.807) is 0 Å². The Bertz CT molecular complexity index is 463. The third-order valence-corrected chi connectivity index (χ3v) is 5.90. The SMILES string of the molecule is O=C(CCCC[C@@H]1SC[C@@H]2NC(=O)N[C@@H]21)N[C@@H](CCS)C(=O)O. The molecule has 4 N–H and O–H groups in total. The van der Waals surface area contributed by atoms with E-state index in [2.05, 4.69) is 28.6 Å². The summed E-state index contributed by atoms with van der Waals surface area (Å²) >= 11 is 5.85. The van der Waals surface area contributed by atoms with Crippen LogP contribution in [0.3, 0.4) is 0 Å². The number of fused-ring (bicyclic) bond motifs is 1. The minimum Gasteiger partial charge on any atom is -0.480 e. The number of aliphatic carboxylic acids is 1. The number of carboxylic acids is 1. The molecular formula is C14H23N3O4S2. The van der Waals surface area contributed by atoms with Crippen molar-refractivity contribution in [3.8, 4) is 0 Å². The van der Waals surface area contributed by atoms with Gasteiger partial charge in [0.25, 0.3) is 0 Å². The van der Waals surface area contributed by atoms with Gasteiger partial charge in [-0.05, 0) is 25.0 Å². The van der Waals surface area contributed by atoms with E-state index < -0.39 is 12.0 Å². The third kappa shape index (κ3) is 5.20. The predicted octanol–water partition coefficient (Wildman–Crippen LogP) is 0.602. The van der Waals surface area contributed by atoms with Crippen LogP contribution >= 0.6 is 24.4 Å². The fourth-order valence-electron chi connectivity index (χ4n) is 2.93. The van der Waals surface area contributed by atoms with Gasteiger partial charge in [-0.3, -0.25) is 4.79 Å². The average Bonchev–Trinajstić information content (AvgIpc) is 3.02. The predicted molar refractivity (Wildman–Crippen MR) is 92.0 cm³/mol. The number of carbonyl (C=O) groups is 3. The molecule has 0 aromatic carbocycles. The lowest BCUT2D eigenvalue weighted by molar-refractivity contribution is -0.141. The minimum atomic E-state index is -1.02. The van der Waals surface area contributed by atoms with Crippen LogP contribution in [0.4, 0.5) is 4.79 Å². The van der Waals surface area contributed by atoms with E-state index in [1.807, 2.05) is 11.8 Å². The van der Waals surface area contributed by atoms with Gasteiger partial charge in [-0.15, -0.1) is 0 Å². The number of hydrogen-bond acceptors (Lipinski definition) is 5. The minimum absolute atomic E-state index is 0.0893. The van der Waals surface area contributed by atoms with Gasteiger partial charge in [-0.2, -0.15) is 24.4 Å². The molecule has 0 aromatic heterocycles. The van der Waals surface area contributed by atoms with Crippen molar-refractivity contribution < 1.29 is 19.5 Å². The molecule has 7 nitrogen and oxygen atoms in total. The van der Waals surface area contributed by atoms with Gasteiger partial charge in [0, 0.05) is 17.4 Å². The first-order valence-corrected chi connectivity index (χ1v) is 9.51. The zero-order valence-corrected chi connectivity index (χ0v) is 14.5. The molecule has 0 saturated carbocycles. The van der Waals surface area contributed by atoms with Gasteiger partial charge in [-0.1, -0.05) is 6.42 Å². The molecule has 2 aliphatic heterocycles. The number of carbonyl (C=O) groups excluding carboxylic acids is 2. The lowest BCUT2D eigenvalue weighted by atomic mass is 10.0. The summed E-state index contributed by atoms with van der Waals surface area (Å²) in [4.78, 5) is 34.0. The van der Waals surface area contributed by atoms with Crippen molar-refractivity contribution in [3.05, 3.63) is 0 Å². The monoisotopic (exact) mass is 361 g/mol. The zero-order chi connectivity index (χ0) is 16.8. The fourth-order valence-corrected chi connectivity index (χ4v) is 4.73. The summed E-state index contributed by atoms with van der Waals surface area (Å²) in [5.74, 6) is 0.0917. The van der Waals surface area contributed by atoms with Crippen molar-refractivity contribution in [2.24, 2.45) is 0 Å². The molecule has 2 fully saturated rings. The summed E-state index contributed by atoms with van der Waals surface area (Å²) in [7, 11) is 0. The highest BCUT2D eigenvalue weighted by atomic mass is 32.2. The van der Waals surface area contributed by atoms with E-state index in [-0.39, 0.29) is 24.0 Å². The van der Waals surface area contributed by atoms with Gasteiger partial charge in [0.05, 0.1) is 12.1 Å². The van der Waals surface area contributed by atoms with Crippen LogP contribution in [0, 0.1) is 0 Å². The van der Waals surface area contributed by atoms with Crippen LogP contribution in [0.1, 0.15) is 32.1 Å². The molecule has 0 aromatic rings. The Balaban J connectivity index is 1.62. The molecule has 0 radical (unpaired) electrons. The van der Waals surface area contributed by atoms with E-state index in [0.717, 1.165) is 25.0 Å². The van der Waals surface area contributed by atoms with Crippen LogP contribution in [-0.2, 0) is 9.59 Å². The molecule has 0 spiro atoms.